The summed E-state index contributed by atoms with van der Waals surface area (Å²) in [6.07, 6.45) is 2.51. The van der Waals surface area contributed by atoms with E-state index < -0.39 is 0 Å². The predicted molar refractivity (Wildman–Crippen MR) is 138 cm³/mol. The zero-order chi connectivity index (χ0) is 24.2. The van der Waals surface area contributed by atoms with Gasteiger partial charge in [0.25, 0.3) is 5.56 Å². The van der Waals surface area contributed by atoms with Gasteiger partial charge in [0.15, 0.2) is 11.5 Å². The Kier molecular flexibility index (Phi) is 7.95. The van der Waals surface area contributed by atoms with E-state index in [4.69, 9.17) is 14.5 Å². The van der Waals surface area contributed by atoms with Crippen molar-refractivity contribution in [3.8, 4) is 11.5 Å². The van der Waals surface area contributed by atoms with Crippen molar-refractivity contribution in [2.45, 2.75) is 53.9 Å². The van der Waals surface area contributed by atoms with Crippen LogP contribution in [0.1, 0.15) is 65.3 Å². The molecular formula is C26H32BrN3O3. The van der Waals surface area contributed by atoms with E-state index in [9.17, 15) is 4.79 Å². The largest absolute Gasteiger partial charge is 0.490 e. The normalized spacial score (nSPS) is 12.9. The van der Waals surface area contributed by atoms with Crippen LogP contribution >= 0.6 is 15.9 Å². The van der Waals surface area contributed by atoms with E-state index in [2.05, 4.69) is 48.7 Å². The molecule has 6 nitrogen and oxygen atoms in total. The lowest BCUT2D eigenvalue weighted by atomic mass is 9.99. The molecule has 0 aliphatic rings. The van der Waals surface area contributed by atoms with Gasteiger partial charge in [-0.05, 0) is 60.7 Å². The summed E-state index contributed by atoms with van der Waals surface area (Å²) < 4.78 is 14.0. The highest BCUT2D eigenvalue weighted by Gasteiger charge is 2.16. The monoisotopic (exact) mass is 513 g/mol. The summed E-state index contributed by atoms with van der Waals surface area (Å²) in [5.74, 6) is 2.07. The summed E-state index contributed by atoms with van der Waals surface area (Å²) in [6.45, 7) is 13.5. The fourth-order valence-electron chi connectivity index (χ4n) is 3.19. The highest BCUT2D eigenvalue weighted by atomic mass is 79.9. The highest BCUT2D eigenvalue weighted by Crippen LogP contribution is 2.30. The molecule has 7 heteroatoms. The van der Waals surface area contributed by atoms with Crippen molar-refractivity contribution in [3.05, 3.63) is 62.6 Å². The van der Waals surface area contributed by atoms with Gasteiger partial charge in [-0.15, -0.1) is 0 Å². The van der Waals surface area contributed by atoms with Gasteiger partial charge in [-0.2, -0.15) is 9.78 Å². The quantitative estimate of drug-likeness (QED) is 0.327. The Hall–Kier alpha value is -2.67. The van der Waals surface area contributed by atoms with E-state index in [1.807, 2.05) is 44.2 Å². The van der Waals surface area contributed by atoms with Gasteiger partial charge in [-0.3, -0.25) is 4.79 Å². The summed E-state index contributed by atoms with van der Waals surface area (Å²) >= 11 is 3.44. The molecule has 3 aromatic rings. The third kappa shape index (κ3) is 6.22. The number of hydrogen-bond donors (Lipinski definition) is 0. The molecule has 0 saturated heterocycles. The Morgan fingerprint density at radius 2 is 1.88 bits per heavy atom. The van der Waals surface area contributed by atoms with E-state index in [0.717, 1.165) is 16.5 Å². The van der Waals surface area contributed by atoms with Crippen molar-refractivity contribution >= 4 is 33.0 Å². The van der Waals surface area contributed by atoms with Crippen LogP contribution in [0, 0.1) is 5.41 Å². The van der Waals surface area contributed by atoms with Crippen molar-refractivity contribution < 1.29 is 9.47 Å². The van der Waals surface area contributed by atoms with Crippen LogP contribution in [-0.2, 0) is 0 Å². The standard InChI is InChI=1S/C26H32BrN3O3/c1-7-17(3)24-29-21-11-10-19(27)14-20(21)25(31)30(24)28-15-18-9-12-22(23(13-18)32-8-2)33-16-26(4,5)6/h9-15,17H,7-8,16H2,1-6H3/t17-/m1/s1. The number of fused-ring (bicyclic) bond motifs is 1. The first-order chi connectivity index (χ1) is 15.6. The molecule has 176 valence electrons. The topological polar surface area (TPSA) is 65.7 Å². The van der Waals surface area contributed by atoms with Crippen molar-refractivity contribution in [3.63, 3.8) is 0 Å². The lowest BCUT2D eigenvalue weighted by Gasteiger charge is -2.20. The molecule has 0 spiro atoms. The highest BCUT2D eigenvalue weighted by molar-refractivity contribution is 9.10. The smallest absolute Gasteiger partial charge is 0.282 e. The number of hydrogen-bond acceptors (Lipinski definition) is 5. The van der Waals surface area contributed by atoms with E-state index in [1.54, 1.807) is 12.3 Å². The minimum atomic E-state index is -0.192. The number of benzene rings is 2. The molecule has 0 N–H and O–H groups in total. The third-order valence-electron chi connectivity index (χ3n) is 5.14. The van der Waals surface area contributed by atoms with Crippen LogP contribution in [0.5, 0.6) is 11.5 Å². The van der Waals surface area contributed by atoms with E-state index in [1.165, 1.54) is 4.68 Å². The molecule has 0 aliphatic carbocycles. The van der Waals surface area contributed by atoms with E-state index in [-0.39, 0.29) is 16.9 Å². The zero-order valence-corrected chi connectivity index (χ0v) is 21.8. The van der Waals surface area contributed by atoms with E-state index in [0.29, 0.717) is 41.4 Å². The first kappa shape index (κ1) is 25.0. The van der Waals surface area contributed by atoms with Crippen LogP contribution in [0.4, 0.5) is 0 Å². The second-order valence-corrected chi connectivity index (χ2v) is 10.2. The molecule has 0 unspecified atom stereocenters. The van der Waals surface area contributed by atoms with Crippen LogP contribution < -0.4 is 15.0 Å². The molecule has 0 aliphatic heterocycles. The number of aromatic nitrogens is 2. The molecule has 1 atom stereocenters. The van der Waals surface area contributed by atoms with Crippen molar-refractivity contribution in [2.24, 2.45) is 10.5 Å². The van der Waals surface area contributed by atoms with Crippen molar-refractivity contribution in [2.75, 3.05) is 13.2 Å². The van der Waals surface area contributed by atoms with Gasteiger partial charge >= 0.3 is 0 Å². The van der Waals surface area contributed by atoms with Crippen LogP contribution in [-0.4, -0.2) is 29.1 Å². The zero-order valence-electron chi connectivity index (χ0n) is 20.2. The molecule has 0 fully saturated rings. The second-order valence-electron chi connectivity index (χ2n) is 9.29. The Labute approximate surface area is 203 Å². The van der Waals surface area contributed by atoms with Crippen LogP contribution in [0.25, 0.3) is 10.9 Å². The van der Waals surface area contributed by atoms with Gasteiger partial charge in [0.1, 0.15) is 5.82 Å². The molecule has 3 rings (SSSR count). The molecule has 0 bridgehead atoms. The molecule has 0 radical (unpaired) electrons. The molecule has 0 saturated carbocycles. The fourth-order valence-corrected chi connectivity index (χ4v) is 3.55. The molecular weight excluding hydrogens is 482 g/mol. The average Bonchev–Trinajstić information content (AvgIpc) is 2.77. The second kappa shape index (κ2) is 10.5. The Bertz CT molecular complexity index is 1210. The summed E-state index contributed by atoms with van der Waals surface area (Å²) in [6, 6.07) is 11.2. The van der Waals surface area contributed by atoms with Gasteiger partial charge in [-0.1, -0.05) is 50.5 Å². The number of halogens is 1. The van der Waals surface area contributed by atoms with Crippen LogP contribution in [0.3, 0.4) is 0 Å². The molecule has 0 amide bonds. The molecule has 1 heterocycles. The Morgan fingerprint density at radius 3 is 2.55 bits per heavy atom. The van der Waals surface area contributed by atoms with Gasteiger partial charge < -0.3 is 9.47 Å². The van der Waals surface area contributed by atoms with Crippen molar-refractivity contribution in [1.29, 1.82) is 0 Å². The number of nitrogens with zero attached hydrogens (tertiary/aromatic N) is 3. The summed E-state index contributed by atoms with van der Waals surface area (Å²) in [5.41, 5.74) is 1.32. The maximum Gasteiger partial charge on any atom is 0.282 e. The van der Waals surface area contributed by atoms with E-state index >= 15 is 0 Å². The minimum absolute atomic E-state index is 0.0369. The minimum Gasteiger partial charge on any atom is -0.490 e. The first-order valence-electron chi connectivity index (χ1n) is 11.3. The lowest BCUT2D eigenvalue weighted by Crippen LogP contribution is -2.23. The summed E-state index contributed by atoms with van der Waals surface area (Å²) in [7, 11) is 0. The SMILES string of the molecule is CCOc1cc(C=Nn2c([C@H](C)CC)nc3ccc(Br)cc3c2=O)ccc1OCC(C)(C)C. The third-order valence-corrected chi connectivity index (χ3v) is 5.63. The van der Waals surface area contributed by atoms with Crippen LogP contribution in [0.2, 0.25) is 0 Å². The number of rotatable bonds is 8. The van der Waals surface area contributed by atoms with Gasteiger partial charge in [-0.25, -0.2) is 4.98 Å². The first-order valence-corrected chi connectivity index (χ1v) is 12.1. The Balaban J connectivity index is 2.03. The lowest BCUT2D eigenvalue weighted by molar-refractivity contribution is 0.188. The maximum absolute atomic E-state index is 13.3. The van der Waals surface area contributed by atoms with Crippen LogP contribution in [0.15, 0.2) is 50.8 Å². The van der Waals surface area contributed by atoms with Gasteiger partial charge in [0.2, 0.25) is 0 Å². The van der Waals surface area contributed by atoms with Gasteiger partial charge in [0, 0.05) is 10.4 Å². The molecule has 33 heavy (non-hydrogen) atoms. The predicted octanol–water partition coefficient (Wildman–Crippen LogP) is 6.38. The van der Waals surface area contributed by atoms with Crippen molar-refractivity contribution in [1.82, 2.24) is 9.66 Å². The number of ether oxygens (including phenoxy) is 2. The maximum atomic E-state index is 13.3. The Morgan fingerprint density at radius 1 is 1.12 bits per heavy atom. The molecule has 1 aromatic heterocycles. The average molecular weight is 514 g/mol. The van der Waals surface area contributed by atoms with Gasteiger partial charge in [0.05, 0.1) is 30.3 Å². The summed E-state index contributed by atoms with van der Waals surface area (Å²) in [5, 5.41) is 5.07. The summed E-state index contributed by atoms with van der Waals surface area (Å²) in [4.78, 5) is 18.0. The molecule has 2 aromatic carbocycles. The fraction of sp³-hybridized carbons (Fsp3) is 0.423.